The number of nitriles is 1. The Hall–Kier alpha value is -2.60. The zero-order valence-corrected chi connectivity index (χ0v) is 11.9. The van der Waals surface area contributed by atoms with Crippen molar-refractivity contribution in [2.24, 2.45) is 0 Å². The van der Waals surface area contributed by atoms with E-state index in [1.54, 1.807) is 6.20 Å². The van der Waals surface area contributed by atoms with Gasteiger partial charge < -0.3 is 4.40 Å². The molecule has 3 nitrogen and oxygen atoms in total. The lowest BCUT2D eigenvalue weighted by Gasteiger charge is -2.04. The van der Waals surface area contributed by atoms with E-state index in [1.807, 2.05) is 16.5 Å². The Bertz CT molecular complexity index is 766. The van der Waals surface area contributed by atoms with Crippen LogP contribution >= 0.6 is 0 Å². The largest absolute Gasteiger partial charge is 0.303 e. The molecule has 0 bridgehead atoms. The minimum absolute atomic E-state index is 0.397. The van der Waals surface area contributed by atoms with Crippen LogP contribution in [-0.4, -0.2) is 9.38 Å². The molecule has 0 unspecified atom stereocenters. The van der Waals surface area contributed by atoms with Crippen molar-refractivity contribution >= 4 is 5.65 Å². The highest BCUT2D eigenvalue weighted by Gasteiger charge is 2.04. The molecule has 2 heterocycles. The van der Waals surface area contributed by atoms with Gasteiger partial charge in [-0.2, -0.15) is 5.26 Å². The first-order chi connectivity index (χ1) is 10.4. The Balaban J connectivity index is 1.69. The van der Waals surface area contributed by atoms with Crippen LogP contribution < -0.4 is 0 Å². The van der Waals surface area contributed by atoms with Crippen LogP contribution in [0.15, 0.2) is 54.9 Å². The van der Waals surface area contributed by atoms with Crippen molar-refractivity contribution in [3.8, 4) is 6.07 Å². The quantitative estimate of drug-likeness (QED) is 0.714. The molecule has 3 heteroatoms. The normalized spacial score (nSPS) is 10.6. The Kier molecular flexibility index (Phi) is 3.97. The van der Waals surface area contributed by atoms with Crippen molar-refractivity contribution in [2.75, 3.05) is 0 Å². The van der Waals surface area contributed by atoms with Gasteiger partial charge in [0.2, 0.25) is 0 Å². The summed E-state index contributed by atoms with van der Waals surface area (Å²) >= 11 is 0. The van der Waals surface area contributed by atoms with E-state index in [9.17, 15) is 0 Å². The summed E-state index contributed by atoms with van der Waals surface area (Å²) in [6, 6.07) is 16.9. The molecule has 0 fully saturated rings. The average Bonchev–Trinajstić information content (AvgIpc) is 2.92. The third kappa shape index (κ3) is 3.11. The van der Waals surface area contributed by atoms with Crippen LogP contribution in [0.25, 0.3) is 5.65 Å². The molecule has 0 radical (unpaired) electrons. The first-order valence-electron chi connectivity index (χ1n) is 7.22. The van der Waals surface area contributed by atoms with Gasteiger partial charge in [0.1, 0.15) is 5.65 Å². The maximum absolute atomic E-state index is 8.84. The van der Waals surface area contributed by atoms with Gasteiger partial charge in [-0.3, -0.25) is 0 Å². The molecule has 0 aliphatic heterocycles. The van der Waals surface area contributed by atoms with Crippen LogP contribution in [0.5, 0.6) is 0 Å². The predicted octanol–water partition coefficient (Wildman–Crippen LogP) is 3.58. The number of imidazole rings is 1. The lowest BCUT2D eigenvalue weighted by atomic mass is 10.1. The lowest BCUT2D eigenvalue weighted by molar-refractivity contribution is 0.813. The van der Waals surface area contributed by atoms with Crippen molar-refractivity contribution in [1.82, 2.24) is 9.38 Å². The SMILES string of the molecule is N#CCc1cnc2ccc(CCCc3ccccc3)cn12. The fraction of sp³-hybridized carbons (Fsp3) is 0.222. The number of aromatic nitrogens is 2. The maximum atomic E-state index is 8.84. The lowest BCUT2D eigenvalue weighted by Crippen LogP contribution is -1.96. The van der Waals surface area contributed by atoms with E-state index in [2.05, 4.69) is 47.6 Å². The van der Waals surface area contributed by atoms with Crippen LogP contribution in [0.2, 0.25) is 0 Å². The number of nitrogens with zero attached hydrogens (tertiary/aromatic N) is 3. The van der Waals surface area contributed by atoms with E-state index >= 15 is 0 Å². The number of fused-ring (bicyclic) bond motifs is 1. The Morgan fingerprint density at radius 3 is 2.62 bits per heavy atom. The standard InChI is InChI=1S/C18H17N3/c19-12-11-17-13-20-18-10-9-16(14-21(17)18)8-4-7-15-5-2-1-3-6-15/h1-3,5-6,9-10,13-14H,4,7-8,11H2. The average molecular weight is 275 g/mol. The van der Waals surface area contributed by atoms with Gasteiger partial charge >= 0.3 is 0 Å². The summed E-state index contributed by atoms with van der Waals surface area (Å²) in [7, 11) is 0. The predicted molar refractivity (Wildman–Crippen MR) is 83.0 cm³/mol. The molecular weight excluding hydrogens is 258 g/mol. The van der Waals surface area contributed by atoms with E-state index in [0.717, 1.165) is 30.6 Å². The van der Waals surface area contributed by atoms with Crippen LogP contribution in [0.4, 0.5) is 0 Å². The van der Waals surface area contributed by atoms with Crippen molar-refractivity contribution in [3.63, 3.8) is 0 Å². The number of hydrogen-bond acceptors (Lipinski definition) is 2. The highest BCUT2D eigenvalue weighted by Crippen LogP contribution is 2.12. The van der Waals surface area contributed by atoms with E-state index in [-0.39, 0.29) is 0 Å². The first kappa shape index (κ1) is 13.4. The van der Waals surface area contributed by atoms with Crippen LogP contribution in [0, 0.1) is 11.3 Å². The first-order valence-corrected chi connectivity index (χ1v) is 7.22. The van der Waals surface area contributed by atoms with Crippen LogP contribution in [0.1, 0.15) is 23.2 Å². The van der Waals surface area contributed by atoms with Gasteiger partial charge in [-0.1, -0.05) is 36.4 Å². The second kappa shape index (κ2) is 6.23. The minimum Gasteiger partial charge on any atom is -0.303 e. The molecule has 104 valence electrons. The maximum Gasteiger partial charge on any atom is 0.136 e. The number of hydrogen-bond donors (Lipinski definition) is 0. The fourth-order valence-corrected chi connectivity index (χ4v) is 2.58. The fourth-order valence-electron chi connectivity index (χ4n) is 2.58. The van der Waals surface area contributed by atoms with Gasteiger partial charge in [-0.05, 0) is 36.5 Å². The molecular formula is C18H17N3. The number of benzene rings is 1. The molecule has 0 aliphatic rings. The van der Waals surface area contributed by atoms with E-state index < -0.39 is 0 Å². The Labute approximate surface area is 124 Å². The van der Waals surface area contributed by atoms with Gasteiger partial charge in [0.25, 0.3) is 0 Å². The highest BCUT2D eigenvalue weighted by atomic mass is 15.0. The molecule has 3 rings (SSSR count). The molecule has 0 N–H and O–H groups in total. The van der Waals surface area contributed by atoms with Gasteiger partial charge in [-0.15, -0.1) is 0 Å². The van der Waals surface area contributed by atoms with Gasteiger partial charge in [0, 0.05) is 6.20 Å². The third-order valence-electron chi connectivity index (χ3n) is 3.68. The Morgan fingerprint density at radius 2 is 1.81 bits per heavy atom. The number of aryl methyl sites for hydroxylation is 2. The second-order valence-corrected chi connectivity index (χ2v) is 5.19. The molecule has 2 aromatic heterocycles. The zero-order chi connectivity index (χ0) is 14.5. The molecule has 21 heavy (non-hydrogen) atoms. The topological polar surface area (TPSA) is 41.1 Å². The summed E-state index contributed by atoms with van der Waals surface area (Å²) in [6.07, 6.45) is 7.54. The minimum atomic E-state index is 0.397. The van der Waals surface area contributed by atoms with E-state index in [1.165, 1.54) is 11.1 Å². The second-order valence-electron chi connectivity index (χ2n) is 5.19. The molecule has 3 aromatic rings. The summed E-state index contributed by atoms with van der Waals surface area (Å²) in [5.74, 6) is 0. The molecule has 1 aromatic carbocycles. The molecule has 0 saturated heterocycles. The molecule has 0 amide bonds. The highest BCUT2D eigenvalue weighted by molar-refractivity contribution is 5.42. The monoisotopic (exact) mass is 275 g/mol. The zero-order valence-electron chi connectivity index (χ0n) is 11.9. The molecule has 0 spiro atoms. The van der Waals surface area contributed by atoms with E-state index in [4.69, 9.17) is 5.26 Å². The number of pyridine rings is 1. The van der Waals surface area contributed by atoms with Crippen molar-refractivity contribution in [2.45, 2.75) is 25.7 Å². The molecule has 0 aliphatic carbocycles. The van der Waals surface area contributed by atoms with Gasteiger partial charge in [0.15, 0.2) is 0 Å². The van der Waals surface area contributed by atoms with Crippen molar-refractivity contribution in [3.05, 3.63) is 71.7 Å². The van der Waals surface area contributed by atoms with Crippen molar-refractivity contribution in [1.29, 1.82) is 5.26 Å². The van der Waals surface area contributed by atoms with Crippen LogP contribution in [-0.2, 0) is 19.3 Å². The Morgan fingerprint density at radius 1 is 1.00 bits per heavy atom. The van der Waals surface area contributed by atoms with Gasteiger partial charge in [0.05, 0.1) is 24.4 Å². The van der Waals surface area contributed by atoms with Gasteiger partial charge in [-0.25, -0.2) is 4.98 Å². The third-order valence-corrected chi connectivity index (χ3v) is 3.68. The smallest absolute Gasteiger partial charge is 0.136 e. The summed E-state index contributed by atoms with van der Waals surface area (Å²) in [6.45, 7) is 0. The van der Waals surface area contributed by atoms with E-state index in [0.29, 0.717) is 6.42 Å². The van der Waals surface area contributed by atoms with Crippen LogP contribution in [0.3, 0.4) is 0 Å². The summed E-state index contributed by atoms with van der Waals surface area (Å²) in [4.78, 5) is 4.32. The number of rotatable bonds is 5. The summed E-state index contributed by atoms with van der Waals surface area (Å²) in [5.41, 5.74) is 4.53. The molecule has 0 saturated carbocycles. The summed E-state index contributed by atoms with van der Waals surface area (Å²) < 4.78 is 2.03. The molecule has 0 atom stereocenters. The van der Waals surface area contributed by atoms with Crippen molar-refractivity contribution < 1.29 is 0 Å². The summed E-state index contributed by atoms with van der Waals surface area (Å²) in [5, 5.41) is 8.84.